The third-order valence-electron chi connectivity index (χ3n) is 2.25. The predicted octanol–water partition coefficient (Wildman–Crippen LogP) is 2.26. The average molecular weight is 289 g/mol. The van der Waals surface area contributed by atoms with Gasteiger partial charge in [-0.05, 0) is 32.9 Å². The molecule has 5 nitrogen and oxygen atoms in total. The van der Waals surface area contributed by atoms with Crippen molar-refractivity contribution < 1.29 is 18.3 Å². The smallest absolute Gasteiger partial charge is 0.407 e. The second-order valence-corrected chi connectivity index (χ2v) is 5.51. The Morgan fingerprint density at radius 1 is 1.35 bits per heavy atom. The van der Waals surface area contributed by atoms with E-state index in [9.17, 15) is 13.6 Å². The maximum absolute atomic E-state index is 13.5. The molecule has 114 valence electrons. The minimum atomic E-state index is -3.04. The molecule has 0 atom stereocenters. The maximum atomic E-state index is 13.5. The van der Waals surface area contributed by atoms with Gasteiger partial charge in [-0.25, -0.2) is 13.6 Å². The van der Waals surface area contributed by atoms with E-state index in [4.69, 9.17) is 4.74 Å². The van der Waals surface area contributed by atoms with Crippen LogP contribution in [0, 0.1) is 0 Å². The highest BCUT2D eigenvalue weighted by Crippen LogP contribution is 2.12. The Bertz CT molecular complexity index is 414. The van der Waals surface area contributed by atoms with Gasteiger partial charge in [0.1, 0.15) is 5.60 Å². The van der Waals surface area contributed by atoms with Gasteiger partial charge >= 0.3 is 6.09 Å². The summed E-state index contributed by atoms with van der Waals surface area (Å²) >= 11 is 0. The zero-order valence-electron chi connectivity index (χ0n) is 11.9. The summed E-state index contributed by atoms with van der Waals surface area (Å²) in [6.45, 7) is 4.03. The number of hydrogen-bond donors (Lipinski definition) is 3. The van der Waals surface area contributed by atoms with Gasteiger partial charge in [-0.15, -0.1) is 0 Å². The highest BCUT2D eigenvalue weighted by Gasteiger charge is 2.30. The Kier molecular flexibility index (Phi) is 5.50. The number of aromatic nitrogens is 1. The Hall–Kier alpha value is -1.63. The fourth-order valence-electron chi connectivity index (χ4n) is 1.44. The van der Waals surface area contributed by atoms with Gasteiger partial charge in [0.15, 0.2) is 0 Å². The lowest BCUT2D eigenvalue weighted by Gasteiger charge is -2.22. The number of hydrogen-bond acceptors (Lipinski definition) is 3. The molecule has 1 heterocycles. The van der Waals surface area contributed by atoms with Gasteiger partial charge in [-0.2, -0.15) is 0 Å². The van der Waals surface area contributed by atoms with Crippen LogP contribution in [0.5, 0.6) is 0 Å². The van der Waals surface area contributed by atoms with Crippen LogP contribution in [0.4, 0.5) is 13.6 Å². The van der Waals surface area contributed by atoms with E-state index < -0.39 is 30.7 Å². The molecule has 0 aliphatic heterocycles. The maximum Gasteiger partial charge on any atom is 0.407 e. The summed E-state index contributed by atoms with van der Waals surface area (Å²) in [5.41, 5.74) is 0.117. The van der Waals surface area contributed by atoms with Crippen LogP contribution in [-0.2, 0) is 11.3 Å². The van der Waals surface area contributed by atoms with Crippen LogP contribution in [0.15, 0.2) is 18.3 Å². The van der Waals surface area contributed by atoms with Crippen LogP contribution in [0.2, 0.25) is 0 Å². The fraction of sp³-hybridized carbons (Fsp3) is 0.615. The molecule has 0 aliphatic carbocycles. The van der Waals surface area contributed by atoms with Gasteiger partial charge in [0, 0.05) is 18.4 Å². The first-order valence-electron chi connectivity index (χ1n) is 6.36. The first-order valence-corrected chi connectivity index (χ1v) is 6.36. The van der Waals surface area contributed by atoms with Gasteiger partial charge in [0.05, 0.1) is 13.1 Å². The molecule has 1 amide bonds. The molecule has 1 aromatic heterocycles. The van der Waals surface area contributed by atoms with Crippen molar-refractivity contribution in [1.82, 2.24) is 15.6 Å². The van der Waals surface area contributed by atoms with Gasteiger partial charge < -0.3 is 20.4 Å². The molecule has 1 rings (SSSR count). The van der Waals surface area contributed by atoms with E-state index >= 15 is 0 Å². The lowest BCUT2D eigenvalue weighted by molar-refractivity contribution is -0.00381. The third-order valence-corrected chi connectivity index (χ3v) is 2.25. The van der Waals surface area contributed by atoms with Crippen molar-refractivity contribution in [2.24, 2.45) is 0 Å². The summed E-state index contributed by atoms with van der Waals surface area (Å²) in [5.74, 6) is -3.04. The molecular formula is C13H21F2N3O2. The van der Waals surface area contributed by atoms with Gasteiger partial charge in [0.2, 0.25) is 0 Å². The van der Waals surface area contributed by atoms with Gasteiger partial charge in [0.25, 0.3) is 5.92 Å². The number of halogens is 2. The number of amides is 1. The quantitative estimate of drug-likeness (QED) is 0.752. The van der Waals surface area contributed by atoms with Crippen LogP contribution in [0.3, 0.4) is 0 Å². The highest BCUT2D eigenvalue weighted by molar-refractivity contribution is 5.67. The number of aromatic amines is 1. The number of alkyl carbamates (subject to hydrolysis) is 1. The van der Waals surface area contributed by atoms with Crippen LogP contribution in [0.25, 0.3) is 0 Å². The van der Waals surface area contributed by atoms with Crippen molar-refractivity contribution in [3.63, 3.8) is 0 Å². The van der Waals surface area contributed by atoms with E-state index in [-0.39, 0.29) is 0 Å². The zero-order valence-corrected chi connectivity index (χ0v) is 11.9. The van der Waals surface area contributed by atoms with E-state index in [1.165, 1.54) is 0 Å². The molecule has 0 saturated carbocycles. The molecule has 0 aromatic carbocycles. The number of nitrogens with one attached hydrogen (secondary N) is 3. The number of carbonyl (C=O) groups is 1. The normalized spacial score (nSPS) is 12.2. The second kappa shape index (κ2) is 6.69. The van der Waals surface area contributed by atoms with Crippen LogP contribution in [0.1, 0.15) is 26.5 Å². The van der Waals surface area contributed by atoms with E-state index in [0.717, 1.165) is 5.69 Å². The summed E-state index contributed by atoms with van der Waals surface area (Å²) in [4.78, 5) is 14.2. The largest absolute Gasteiger partial charge is 0.444 e. The van der Waals surface area contributed by atoms with Gasteiger partial charge in [-0.3, -0.25) is 0 Å². The standard InChI is InChI=1S/C13H21F2N3O2/c1-12(2,3)20-11(19)18-9-13(14,15)8-16-7-10-5-4-6-17-10/h4-6,16-17H,7-9H2,1-3H3,(H,18,19). The van der Waals surface area contributed by atoms with Crippen molar-refractivity contribution in [3.05, 3.63) is 24.0 Å². The number of alkyl halides is 2. The fourth-order valence-corrected chi connectivity index (χ4v) is 1.44. The lowest BCUT2D eigenvalue weighted by Crippen LogP contribution is -2.44. The van der Waals surface area contributed by atoms with E-state index in [0.29, 0.717) is 6.54 Å². The molecule has 0 saturated heterocycles. The topological polar surface area (TPSA) is 66.2 Å². The molecular weight excluding hydrogens is 268 g/mol. The monoisotopic (exact) mass is 289 g/mol. The lowest BCUT2D eigenvalue weighted by atomic mass is 10.2. The highest BCUT2D eigenvalue weighted by atomic mass is 19.3. The molecule has 0 unspecified atom stereocenters. The third kappa shape index (κ3) is 7.08. The molecule has 0 fully saturated rings. The molecule has 3 N–H and O–H groups in total. The Morgan fingerprint density at radius 3 is 2.60 bits per heavy atom. The summed E-state index contributed by atoms with van der Waals surface area (Å²) in [5, 5.41) is 4.69. The van der Waals surface area contributed by atoms with E-state index in [2.05, 4.69) is 15.6 Å². The predicted molar refractivity (Wildman–Crippen MR) is 71.7 cm³/mol. The van der Waals surface area contributed by atoms with Gasteiger partial charge in [-0.1, -0.05) is 0 Å². The molecule has 1 aromatic rings. The molecule has 20 heavy (non-hydrogen) atoms. The van der Waals surface area contributed by atoms with Crippen molar-refractivity contribution in [1.29, 1.82) is 0 Å². The summed E-state index contributed by atoms with van der Waals surface area (Å²) < 4.78 is 31.9. The first kappa shape index (κ1) is 16.4. The molecule has 0 radical (unpaired) electrons. The molecule has 0 aliphatic rings. The van der Waals surface area contributed by atoms with E-state index in [1.807, 2.05) is 0 Å². The Balaban J connectivity index is 2.25. The van der Waals surface area contributed by atoms with E-state index in [1.54, 1.807) is 39.1 Å². The van der Waals surface area contributed by atoms with Crippen LogP contribution < -0.4 is 10.6 Å². The minimum Gasteiger partial charge on any atom is -0.444 e. The Morgan fingerprint density at radius 2 is 2.05 bits per heavy atom. The zero-order chi connectivity index (χ0) is 15.2. The SMILES string of the molecule is CC(C)(C)OC(=O)NCC(F)(F)CNCc1ccc[nH]1. The number of carbonyl (C=O) groups excluding carboxylic acids is 1. The van der Waals surface area contributed by atoms with Crippen molar-refractivity contribution in [3.8, 4) is 0 Å². The summed E-state index contributed by atoms with van der Waals surface area (Å²) in [6.07, 6.45) is 0.876. The van der Waals surface area contributed by atoms with Crippen LogP contribution in [-0.4, -0.2) is 35.7 Å². The Labute approximate surface area is 117 Å². The second-order valence-electron chi connectivity index (χ2n) is 5.51. The van der Waals surface area contributed by atoms with Crippen molar-refractivity contribution in [2.45, 2.75) is 38.8 Å². The number of ether oxygens (including phenoxy) is 1. The summed E-state index contributed by atoms with van der Waals surface area (Å²) in [6, 6.07) is 3.59. The minimum absolute atomic E-state index is 0.315. The van der Waals surface area contributed by atoms with Crippen molar-refractivity contribution in [2.75, 3.05) is 13.1 Å². The molecule has 7 heteroatoms. The van der Waals surface area contributed by atoms with Crippen LogP contribution >= 0.6 is 0 Å². The molecule has 0 bridgehead atoms. The summed E-state index contributed by atoms with van der Waals surface area (Å²) in [7, 11) is 0. The molecule has 0 spiro atoms. The first-order chi connectivity index (χ1) is 9.18. The number of rotatable bonds is 6. The average Bonchev–Trinajstić information content (AvgIpc) is 2.77. The number of H-pyrrole nitrogens is 1. The van der Waals surface area contributed by atoms with Crippen molar-refractivity contribution >= 4 is 6.09 Å².